The summed E-state index contributed by atoms with van der Waals surface area (Å²) in [5.41, 5.74) is 2.25. The molecule has 1 aromatic heterocycles. The smallest absolute Gasteiger partial charge is 0.0934 e. The highest BCUT2D eigenvalue weighted by Gasteiger charge is 2.25. The molecule has 2 nitrogen and oxygen atoms in total. The summed E-state index contributed by atoms with van der Waals surface area (Å²) in [4.78, 5) is 4.56. The first-order valence-electron chi connectivity index (χ1n) is 7.08. The largest absolute Gasteiger partial charge is 0.380 e. The summed E-state index contributed by atoms with van der Waals surface area (Å²) in [5.74, 6) is 0.811. The molecule has 2 unspecified atom stereocenters. The van der Waals surface area contributed by atoms with Crippen LogP contribution in [-0.4, -0.2) is 11.0 Å². The molecule has 0 bridgehead atoms. The number of nitrogens with zero attached hydrogens (tertiary/aromatic N) is 1. The number of hydrogen-bond donors (Lipinski definition) is 1. The molecule has 1 N–H and O–H groups in total. The van der Waals surface area contributed by atoms with Crippen LogP contribution in [0.1, 0.15) is 32.6 Å². The first-order valence-corrected chi connectivity index (χ1v) is 7.88. The molecule has 19 heavy (non-hydrogen) atoms. The second-order valence-corrected chi connectivity index (χ2v) is 6.30. The van der Waals surface area contributed by atoms with Gasteiger partial charge in [-0.25, -0.2) is 0 Å². The Kier molecular flexibility index (Phi) is 3.74. The Bertz CT molecular complexity index is 582. The topological polar surface area (TPSA) is 24.9 Å². The van der Waals surface area contributed by atoms with Gasteiger partial charge in [0.2, 0.25) is 0 Å². The Morgan fingerprint density at radius 1 is 1.37 bits per heavy atom. The van der Waals surface area contributed by atoms with E-state index in [2.05, 4.69) is 57.4 Å². The average Bonchev–Trinajstić information content (AvgIpc) is 2.86. The number of nitrogens with one attached hydrogen (secondary N) is 1. The third kappa shape index (κ3) is 2.62. The molecule has 100 valence electrons. The van der Waals surface area contributed by atoms with Gasteiger partial charge in [-0.2, -0.15) is 0 Å². The van der Waals surface area contributed by atoms with E-state index in [0.717, 1.165) is 15.9 Å². The fourth-order valence-electron chi connectivity index (χ4n) is 3.17. The zero-order valence-corrected chi connectivity index (χ0v) is 12.8. The Morgan fingerprint density at radius 3 is 3.11 bits per heavy atom. The van der Waals surface area contributed by atoms with Crippen LogP contribution in [0.3, 0.4) is 0 Å². The minimum atomic E-state index is 0.612. The molecule has 0 aliphatic heterocycles. The Morgan fingerprint density at radius 2 is 2.26 bits per heavy atom. The molecule has 2 atom stereocenters. The maximum atomic E-state index is 4.56. The van der Waals surface area contributed by atoms with Gasteiger partial charge in [0.15, 0.2) is 0 Å². The second kappa shape index (κ2) is 5.49. The molecular formula is C16H19BrN2. The van der Waals surface area contributed by atoms with Crippen LogP contribution in [0.4, 0.5) is 5.69 Å². The van der Waals surface area contributed by atoms with Gasteiger partial charge in [0.1, 0.15) is 0 Å². The van der Waals surface area contributed by atoms with Crippen LogP contribution < -0.4 is 5.32 Å². The molecule has 1 heterocycles. The quantitative estimate of drug-likeness (QED) is 0.862. The summed E-state index contributed by atoms with van der Waals surface area (Å²) < 4.78 is 1.03. The van der Waals surface area contributed by atoms with E-state index in [9.17, 15) is 0 Å². The molecule has 0 radical (unpaired) electrons. The van der Waals surface area contributed by atoms with E-state index in [4.69, 9.17) is 0 Å². The van der Waals surface area contributed by atoms with Crippen LogP contribution >= 0.6 is 15.9 Å². The zero-order chi connectivity index (χ0) is 13.2. The summed E-state index contributed by atoms with van der Waals surface area (Å²) in [5, 5.41) is 4.91. The number of pyridine rings is 1. The highest BCUT2D eigenvalue weighted by atomic mass is 79.9. The van der Waals surface area contributed by atoms with Gasteiger partial charge in [0.25, 0.3) is 0 Å². The molecule has 1 aliphatic carbocycles. The molecule has 1 aromatic carbocycles. The minimum absolute atomic E-state index is 0.612. The standard InChI is InChI=1S/C16H19BrN2/c1-2-11-5-3-7-14(11)19-15-8-4-6-12-9-13(17)10-18-16(12)15/h4,6,8-11,14,19H,2-3,5,7H2,1H3. The normalized spacial score (nSPS) is 22.8. The predicted octanol–water partition coefficient (Wildman–Crippen LogP) is 4.99. The fourth-order valence-corrected chi connectivity index (χ4v) is 3.51. The van der Waals surface area contributed by atoms with E-state index in [1.807, 2.05) is 6.20 Å². The van der Waals surface area contributed by atoms with Crippen LogP contribution in [-0.2, 0) is 0 Å². The van der Waals surface area contributed by atoms with Crippen molar-refractivity contribution < 1.29 is 0 Å². The van der Waals surface area contributed by atoms with Gasteiger partial charge in [-0.15, -0.1) is 0 Å². The summed E-state index contributed by atoms with van der Waals surface area (Å²) >= 11 is 3.48. The number of fused-ring (bicyclic) bond motifs is 1. The van der Waals surface area contributed by atoms with Crippen LogP contribution in [0.5, 0.6) is 0 Å². The summed E-state index contributed by atoms with van der Waals surface area (Å²) in [7, 11) is 0. The lowest BCUT2D eigenvalue weighted by atomic mass is 10.0. The van der Waals surface area contributed by atoms with Crippen LogP contribution in [0, 0.1) is 5.92 Å². The molecule has 2 aromatic rings. The average molecular weight is 319 g/mol. The number of rotatable bonds is 3. The Labute approximate surface area is 122 Å². The number of aromatic nitrogens is 1. The minimum Gasteiger partial charge on any atom is -0.380 e. The lowest BCUT2D eigenvalue weighted by Crippen LogP contribution is -2.23. The first kappa shape index (κ1) is 12.9. The van der Waals surface area contributed by atoms with Crippen molar-refractivity contribution in [2.45, 2.75) is 38.6 Å². The molecule has 0 amide bonds. The van der Waals surface area contributed by atoms with E-state index >= 15 is 0 Å². The summed E-state index contributed by atoms with van der Waals surface area (Å²) in [6, 6.07) is 9.10. The molecule has 1 fully saturated rings. The molecule has 3 rings (SSSR count). The van der Waals surface area contributed by atoms with E-state index in [-0.39, 0.29) is 0 Å². The van der Waals surface area contributed by atoms with Crippen molar-refractivity contribution >= 4 is 32.5 Å². The predicted molar refractivity (Wildman–Crippen MR) is 84.5 cm³/mol. The van der Waals surface area contributed by atoms with E-state index in [1.165, 1.54) is 36.8 Å². The lowest BCUT2D eigenvalue weighted by Gasteiger charge is -2.21. The van der Waals surface area contributed by atoms with Crippen molar-refractivity contribution in [2.24, 2.45) is 5.92 Å². The number of anilines is 1. The van der Waals surface area contributed by atoms with E-state index in [0.29, 0.717) is 6.04 Å². The van der Waals surface area contributed by atoms with Crippen LogP contribution in [0.15, 0.2) is 34.9 Å². The third-order valence-electron chi connectivity index (χ3n) is 4.20. The summed E-state index contributed by atoms with van der Waals surface area (Å²) in [6.07, 6.45) is 7.13. The van der Waals surface area contributed by atoms with Crippen molar-refractivity contribution in [2.75, 3.05) is 5.32 Å². The molecule has 1 saturated carbocycles. The maximum absolute atomic E-state index is 4.56. The highest BCUT2D eigenvalue weighted by molar-refractivity contribution is 9.10. The Hall–Kier alpha value is -1.09. The van der Waals surface area contributed by atoms with Gasteiger partial charge in [-0.3, -0.25) is 4.98 Å². The summed E-state index contributed by atoms with van der Waals surface area (Å²) in [6.45, 7) is 2.29. The van der Waals surface area contributed by atoms with Gasteiger partial charge in [-0.05, 0) is 46.8 Å². The molecule has 3 heteroatoms. The lowest BCUT2D eigenvalue weighted by molar-refractivity contribution is 0.489. The van der Waals surface area contributed by atoms with E-state index < -0.39 is 0 Å². The van der Waals surface area contributed by atoms with Crippen molar-refractivity contribution in [1.82, 2.24) is 4.98 Å². The van der Waals surface area contributed by atoms with Gasteiger partial charge >= 0.3 is 0 Å². The monoisotopic (exact) mass is 318 g/mol. The van der Waals surface area contributed by atoms with Gasteiger partial charge in [-0.1, -0.05) is 31.9 Å². The van der Waals surface area contributed by atoms with Crippen LogP contribution in [0.25, 0.3) is 10.9 Å². The van der Waals surface area contributed by atoms with Crippen LogP contribution in [0.2, 0.25) is 0 Å². The van der Waals surface area contributed by atoms with Crippen molar-refractivity contribution in [3.8, 4) is 0 Å². The Balaban J connectivity index is 1.92. The molecule has 0 spiro atoms. The number of hydrogen-bond acceptors (Lipinski definition) is 2. The number of halogens is 1. The van der Waals surface area contributed by atoms with Gasteiger partial charge < -0.3 is 5.32 Å². The number of para-hydroxylation sites is 1. The first-order chi connectivity index (χ1) is 9.28. The van der Waals surface area contributed by atoms with E-state index in [1.54, 1.807) is 0 Å². The van der Waals surface area contributed by atoms with Crippen molar-refractivity contribution in [3.05, 3.63) is 34.9 Å². The highest BCUT2D eigenvalue weighted by Crippen LogP contribution is 2.32. The molecule has 0 saturated heterocycles. The van der Waals surface area contributed by atoms with Crippen molar-refractivity contribution in [3.63, 3.8) is 0 Å². The molecule has 1 aliphatic rings. The van der Waals surface area contributed by atoms with Gasteiger partial charge in [0, 0.05) is 22.1 Å². The van der Waals surface area contributed by atoms with Gasteiger partial charge in [0.05, 0.1) is 11.2 Å². The fraction of sp³-hybridized carbons (Fsp3) is 0.438. The molecular weight excluding hydrogens is 300 g/mol. The SMILES string of the molecule is CCC1CCCC1Nc1cccc2cc(Br)cnc12. The third-order valence-corrected chi connectivity index (χ3v) is 4.64. The second-order valence-electron chi connectivity index (χ2n) is 5.38. The zero-order valence-electron chi connectivity index (χ0n) is 11.2. The van der Waals surface area contributed by atoms with Crippen molar-refractivity contribution in [1.29, 1.82) is 0 Å². The number of benzene rings is 1. The maximum Gasteiger partial charge on any atom is 0.0934 e.